The summed E-state index contributed by atoms with van der Waals surface area (Å²) in [5.41, 5.74) is 1.67. The van der Waals surface area contributed by atoms with Crippen LogP contribution in [0.3, 0.4) is 0 Å². The Hall–Kier alpha value is -1.34. The van der Waals surface area contributed by atoms with Crippen molar-refractivity contribution in [3.63, 3.8) is 0 Å². The van der Waals surface area contributed by atoms with Gasteiger partial charge in [-0.1, -0.05) is 42.5 Å². The van der Waals surface area contributed by atoms with Gasteiger partial charge in [-0.15, -0.1) is 0 Å². The molecule has 0 atom stereocenters. The molecule has 2 aromatic carbocycles. The van der Waals surface area contributed by atoms with Gasteiger partial charge in [0.25, 0.3) is 0 Å². The third-order valence-electron chi connectivity index (χ3n) is 3.69. The number of nitrogens with zero attached hydrogens (tertiary/aromatic N) is 1. The average Bonchev–Trinajstić information content (AvgIpc) is 2.34. The van der Waals surface area contributed by atoms with E-state index in [9.17, 15) is 0 Å². The predicted molar refractivity (Wildman–Crippen MR) is 80.0 cm³/mol. The van der Waals surface area contributed by atoms with Crippen LogP contribution in [0.15, 0.2) is 42.5 Å². The SMILES string of the molecule is CN(CCc1ccc2ccccc2c1)C(C)(C)C. The quantitative estimate of drug-likeness (QED) is 0.781. The van der Waals surface area contributed by atoms with Crippen molar-refractivity contribution in [3.05, 3.63) is 48.0 Å². The maximum Gasteiger partial charge on any atom is 0.0122 e. The summed E-state index contributed by atoms with van der Waals surface area (Å²) in [7, 11) is 2.20. The van der Waals surface area contributed by atoms with Gasteiger partial charge in [-0.25, -0.2) is 0 Å². The molecule has 0 saturated heterocycles. The van der Waals surface area contributed by atoms with Crippen molar-refractivity contribution in [2.75, 3.05) is 13.6 Å². The first-order valence-electron chi connectivity index (χ1n) is 6.66. The van der Waals surface area contributed by atoms with Crippen molar-refractivity contribution in [2.24, 2.45) is 0 Å². The number of hydrogen-bond donors (Lipinski definition) is 0. The number of likely N-dealkylation sites (N-methyl/N-ethyl adjacent to an activating group) is 1. The fraction of sp³-hybridized carbons (Fsp3) is 0.412. The van der Waals surface area contributed by atoms with Gasteiger partial charge in [-0.3, -0.25) is 0 Å². The highest BCUT2D eigenvalue weighted by Crippen LogP contribution is 2.17. The maximum atomic E-state index is 2.40. The van der Waals surface area contributed by atoms with E-state index in [-0.39, 0.29) is 5.54 Å². The molecule has 0 amide bonds. The number of benzene rings is 2. The maximum absolute atomic E-state index is 2.40. The largest absolute Gasteiger partial charge is 0.301 e. The lowest BCUT2D eigenvalue weighted by Crippen LogP contribution is -2.39. The molecule has 0 bridgehead atoms. The third kappa shape index (κ3) is 3.11. The summed E-state index contributed by atoms with van der Waals surface area (Å²) in [5.74, 6) is 0. The molecule has 0 unspecified atom stereocenters. The molecule has 0 fully saturated rings. The highest BCUT2D eigenvalue weighted by atomic mass is 15.1. The van der Waals surface area contributed by atoms with Gasteiger partial charge >= 0.3 is 0 Å². The summed E-state index contributed by atoms with van der Waals surface area (Å²) < 4.78 is 0. The first-order valence-corrected chi connectivity index (χ1v) is 6.66. The second-order valence-corrected chi connectivity index (χ2v) is 6.02. The molecule has 0 N–H and O–H groups in total. The molecule has 2 rings (SSSR count). The van der Waals surface area contributed by atoms with Crippen molar-refractivity contribution in [1.29, 1.82) is 0 Å². The molecule has 0 aromatic heterocycles. The Bertz CT molecular complexity index is 522. The van der Waals surface area contributed by atoms with Gasteiger partial charge in [0, 0.05) is 12.1 Å². The van der Waals surface area contributed by atoms with E-state index in [0.29, 0.717) is 0 Å². The number of rotatable bonds is 3. The standard InChI is InChI=1S/C17H23N/c1-17(2,3)18(4)12-11-14-9-10-15-7-5-6-8-16(15)13-14/h5-10,13H,11-12H2,1-4H3. The van der Waals surface area contributed by atoms with Crippen LogP contribution in [-0.2, 0) is 6.42 Å². The van der Waals surface area contributed by atoms with Crippen molar-refractivity contribution in [3.8, 4) is 0 Å². The van der Waals surface area contributed by atoms with Gasteiger partial charge in [0.15, 0.2) is 0 Å². The van der Waals surface area contributed by atoms with Crippen LogP contribution in [0, 0.1) is 0 Å². The van der Waals surface area contributed by atoms with Crippen molar-refractivity contribution >= 4 is 10.8 Å². The normalized spacial score (nSPS) is 12.3. The summed E-state index contributed by atoms with van der Waals surface area (Å²) in [4.78, 5) is 2.40. The zero-order valence-electron chi connectivity index (χ0n) is 11.9. The van der Waals surface area contributed by atoms with E-state index < -0.39 is 0 Å². The van der Waals surface area contributed by atoms with E-state index in [1.807, 2.05) is 0 Å². The van der Waals surface area contributed by atoms with Crippen LogP contribution in [0.25, 0.3) is 10.8 Å². The van der Waals surface area contributed by atoms with Crippen molar-refractivity contribution < 1.29 is 0 Å². The molecule has 2 aromatic rings. The van der Waals surface area contributed by atoms with Crippen LogP contribution in [-0.4, -0.2) is 24.0 Å². The van der Waals surface area contributed by atoms with E-state index in [1.54, 1.807) is 0 Å². The van der Waals surface area contributed by atoms with Crippen LogP contribution in [0.2, 0.25) is 0 Å². The molecule has 0 spiro atoms. The molecule has 0 aliphatic rings. The average molecular weight is 241 g/mol. The minimum atomic E-state index is 0.247. The van der Waals surface area contributed by atoms with Gasteiger partial charge in [-0.05, 0) is 50.6 Å². The summed E-state index contributed by atoms with van der Waals surface area (Å²) in [6, 6.07) is 15.3. The topological polar surface area (TPSA) is 3.24 Å². The lowest BCUT2D eigenvalue weighted by molar-refractivity contribution is 0.178. The van der Waals surface area contributed by atoms with Gasteiger partial charge in [-0.2, -0.15) is 0 Å². The first kappa shape index (κ1) is 13.1. The Morgan fingerprint density at radius 2 is 1.61 bits per heavy atom. The Morgan fingerprint density at radius 1 is 0.944 bits per heavy atom. The molecule has 1 nitrogen and oxygen atoms in total. The third-order valence-corrected chi connectivity index (χ3v) is 3.69. The summed E-state index contributed by atoms with van der Waals surface area (Å²) in [5, 5.41) is 2.67. The Kier molecular flexibility index (Phi) is 3.72. The fourth-order valence-corrected chi connectivity index (χ4v) is 2.03. The zero-order valence-corrected chi connectivity index (χ0v) is 11.9. The fourth-order valence-electron chi connectivity index (χ4n) is 2.03. The summed E-state index contributed by atoms with van der Waals surface area (Å²) >= 11 is 0. The summed E-state index contributed by atoms with van der Waals surface area (Å²) in [6.07, 6.45) is 1.11. The second kappa shape index (κ2) is 5.11. The number of hydrogen-bond acceptors (Lipinski definition) is 1. The van der Waals surface area contributed by atoms with Gasteiger partial charge in [0.2, 0.25) is 0 Å². The van der Waals surface area contributed by atoms with Crippen LogP contribution in [0.1, 0.15) is 26.3 Å². The molecule has 0 heterocycles. The predicted octanol–water partition coefficient (Wildman–Crippen LogP) is 4.11. The lowest BCUT2D eigenvalue weighted by Gasteiger charge is -2.31. The minimum absolute atomic E-state index is 0.247. The lowest BCUT2D eigenvalue weighted by atomic mass is 10.0. The van der Waals surface area contributed by atoms with Gasteiger partial charge in [0.05, 0.1) is 0 Å². The Morgan fingerprint density at radius 3 is 2.28 bits per heavy atom. The van der Waals surface area contributed by atoms with Crippen molar-refractivity contribution in [2.45, 2.75) is 32.7 Å². The molecule has 0 radical (unpaired) electrons. The Balaban J connectivity index is 2.08. The second-order valence-electron chi connectivity index (χ2n) is 6.02. The molecule has 1 heteroatoms. The van der Waals surface area contributed by atoms with Crippen LogP contribution in [0.4, 0.5) is 0 Å². The first-order chi connectivity index (χ1) is 8.47. The molecule has 0 aliphatic carbocycles. The molecule has 0 saturated carbocycles. The molecule has 0 aliphatic heterocycles. The smallest absolute Gasteiger partial charge is 0.0122 e. The molecular weight excluding hydrogens is 218 g/mol. The van der Waals surface area contributed by atoms with Crippen molar-refractivity contribution in [1.82, 2.24) is 4.90 Å². The van der Waals surface area contributed by atoms with Crippen LogP contribution < -0.4 is 0 Å². The minimum Gasteiger partial charge on any atom is -0.301 e. The molecule has 96 valence electrons. The monoisotopic (exact) mass is 241 g/mol. The van der Waals surface area contributed by atoms with Gasteiger partial charge < -0.3 is 4.90 Å². The molecule has 18 heavy (non-hydrogen) atoms. The zero-order chi connectivity index (χ0) is 13.2. The summed E-state index contributed by atoms with van der Waals surface area (Å²) in [6.45, 7) is 7.87. The van der Waals surface area contributed by atoms with Crippen LogP contribution in [0.5, 0.6) is 0 Å². The van der Waals surface area contributed by atoms with Gasteiger partial charge in [0.1, 0.15) is 0 Å². The van der Waals surface area contributed by atoms with E-state index in [0.717, 1.165) is 13.0 Å². The van der Waals surface area contributed by atoms with E-state index >= 15 is 0 Å². The highest BCUT2D eigenvalue weighted by molar-refractivity contribution is 5.82. The Labute approximate surface area is 110 Å². The van der Waals surface area contributed by atoms with E-state index in [2.05, 4.69) is 75.2 Å². The van der Waals surface area contributed by atoms with E-state index in [1.165, 1.54) is 16.3 Å². The van der Waals surface area contributed by atoms with Crippen LogP contribution >= 0.6 is 0 Å². The van der Waals surface area contributed by atoms with E-state index in [4.69, 9.17) is 0 Å². The molecular formula is C17H23N. The number of fused-ring (bicyclic) bond motifs is 1. The highest BCUT2D eigenvalue weighted by Gasteiger charge is 2.16.